The molecule has 0 aromatic heterocycles. The maximum atomic E-state index is 13.3. The number of alkyl halides is 1. The molecule has 0 radical (unpaired) electrons. The molecule has 6 rings (SSSR count). The van der Waals surface area contributed by atoms with Gasteiger partial charge in [0.25, 0.3) is 0 Å². The highest BCUT2D eigenvalue weighted by Gasteiger charge is 2.51. The molecule has 2 spiro atoms. The number of aryl methyl sites for hydroxylation is 1. The van der Waals surface area contributed by atoms with E-state index in [0.717, 1.165) is 69.5 Å². The molecule has 1 aromatic rings. The molecule has 42 heavy (non-hydrogen) atoms. The molecule has 8 nitrogen and oxygen atoms in total. The number of carbonyl (C=O) groups excluding carboxylic acids is 2. The van der Waals surface area contributed by atoms with Crippen LogP contribution in [0.25, 0.3) is 0 Å². The number of benzene rings is 1. The van der Waals surface area contributed by atoms with E-state index in [1.165, 1.54) is 0 Å². The quantitative estimate of drug-likeness (QED) is 0.416. The Labute approximate surface area is 257 Å². The molecule has 0 bridgehead atoms. The first-order chi connectivity index (χ1) is 20.2. The van der Waals surface area contributed by atoms with Crippen molar-refractivity contribution in [3.8, 4) is 11.5 Å². The molecule has 1 saturated carbocycles. The van der Waals surface area contributed by atoms with Crippen LogP contribution in [0.15, 0.2) is 34.9 Å². The number of fused-ring (bicyclic) bond motifs is 1. The standard InChI is InChI=1S/C32H40Cl2N2O6/c1-20-16-22-25(37)18-32(10-13-36(14-11-32)15-12-35-29(38)28-23(33)4-3-5-24(28)34)42-27(22)17-26(20)41-21-6-8-31(9-7-21)19-40-30(31)39-2/h3-4,16-17,21,24,30H,5-15,18-19H2,1-2H3,(H,35,38). The Balaban J connectivity index is 1.03. The minimum Gasteiger partial charge on any atom is -0.490 e. The maximum Gasteiger partial charge on any atom is 0.250 e. The number of halogens is 2. The molecule has 2 unspecified atom stereocenters. The number of amides is 1. The molecule has 1 N–H and O–H groups in total. The van der Waals surface area contributed by atoms with Gasteiger partial charge in [-0.1, -0.05) is 17.7 Å². The Kier molecular flexibility index (Phi) is 8.64. The SMILES string of the molecule is COC1OCC12CCC(Oc1cc3c(cc1C)C(=O)CC1(CCN(CCNC(=O)C4=C(Cl)C=CCC4Cl)CC1)O3)CC2. The topological polar surface area (TPSA) is 86.3 Å². The number of ketones is 1. The van der Waals surface area contributed by atoms with Crippen molar-refractivity contribution in [3.05, 3.63) is 46.0 Å². The van der Waals surface area contributed by atoms with Crippen LogP contribution < -0.4 is 14.8 Å². The highest BCUT2D eigenvalue weighted by atomic mass is 35.5. The minimum atomic E-state index is -0.508. The van der Waals surface area contributed by atoms with Crippen LogP contribution >= 0.6 is 23.2 Å². The van der Waals surface area contributed by atoms with E-state index in [0.29, 0.717) is 47.8 Å². The van der Waals surface area contributed by atoms with Crippen LogP contribution in [-0.4, -0.2) is 79.9 Å². The molecular weight excluding hydrogens is 579 g/mol. The Morgan fingerprint density at radius 1 is 1.19 bits per heavy atom. The smallest absolute Gasteiger partial charge is 0.250 e. The average molecular weight is 620 g/mol. The molecule has 3 aliphatic heterocycles. The molecule has 2 saturated heterocycles. The molecule has 10 heteroatoms. The average Bonchev–Trinajstić information content (AvgIpc) is 2.95. The molecule has 2 atom stereocenters. The van der Waals surface area contributed by atoms with E-state index < -0.39 is 11.0 Å². The normalized spacial score (nSPS) is 30.6. The summed E-state index contributed by atoms with van der Waals surface area (Å²) in [5.41, 5.74) is 1.67. The second kappa shape index (κ2) is 12.1. The van der Waals surface area contributed by atoms with Crippen LogP contribution in [0.2, 0.25) is 0 Å². The zero-order chi connectivity index (χ0) is 29.5. The summed E-state index contributed by atoms with van der Waals surface area (Å²) in [6.45, 7) is 5.54. The highest BCUT2D eigenvalue weighted by molar-refractivity contribution is 6.36. The third-order valence-corrected chi connectivity index (χ3v) is 10.5. The van der Waals surface area contributed by atoms with Crippen molar-refractivity contribution < 1.29 is 28.5 Å². The number of nitrogens with one attached hydrogen (secondary N) is 1. The summed E-state index contributed by atoms with van der Waals surface area (Å²) in [5.74, 6) is 1.34. The van der Waals surface area contributed by atoms with Crippen molar-refractivity contribution in [3.63, 3.8) is 0 Å². The summed E-state index contributed by atoms with van der Waals surface area (Å²) in [7, 11) is 1.71. The molecular formula is C32H40Cl2N2O6. The molecule has 2 aliphatic carbocycles. The zero-order valence-corrected chi connectivity index (χ0v) is 25.9. The lowest BCUT2D eigenvalue weighted by Crippen LogP contribution is -2.55. The van der Waals surface area contributed by atoms with Gasteiger partial charge in [-0.2, -0.15) is 0 Å². The van der Waals surface area contributed by atoms with Gasteiger partial charge >= 0.3 is 0 Å². The summed E-state index contributed by atoms with van der Waals surface area (Å²) in [6, 6.07) is 3.86. The Hall–Kier alpha value is -2.10. The number of nitrogens with zero attached hydrogens (tertiary/aromatic N) is 1. The molecule has 1 amide bonds. The van der Waals surface area contributed by atoms with E-state index >= 15 is 0 Å². The Morgan fingerprint density at radius 3 is 2.62 bits per heavy atom. The van der Waals surface area contributed by atoms with Gasteiger partial charge in [0.2, 0.25) is 5.91 Å². The van der Waals surface area contributed by atoms with Crippen LogP contribution in [-0.2, 0) is 14.3 Å². The van der Waals surface area contributed by atoms with E-state index in [1.54, 1.807) is 13.2 Å². The summed E-state index contributed by atoms with van der Waals surface area (Å²) in [4.78, 5) is 28.2. The lowest BCUT2D eigenvalue weighted by molar-refractivity contribution is -0.311. The van der Waals surface area contributed by atoms with Crippen molar-refractivity contribution in [1.29, 1.82) is 0 Å². The molecule has 3 fully saturated rings. The number of likely N-dealkylation sites (tertiary alicyclic amines) is 1. The van der Waals surface area contributed by atoms with Gasteiger partial charge in [0.1, 0.15) is 17.1 Å². The largest absolute Gasteiger partial charge is 0.490 e. The van der Waals surface area contributed by atoms with Gasteiger partial charge in [0.05, 0.1) is 40.7 Å². The zero-order valence-electron chi connectivity index (χ0n) is 24.4. The van der Waals surface area contributed by atoms with Crippen molar-refractivity contribution in [2.45, 2.75) is 81.7 Å². The van der Waals surface area contributed by atoms with E-state index in [-0.39, 0.29) is 29.5 Å². The lowest BCUT2D eigenvalue weighted by Gasteiger charge is -2.51. The summed E-state index contributed by atoms with van der Waals surface area (Å²) >= 11 is 12.5. The fourth-order valence-corrected chi connectivity index (χ4v) is 7.77. The van der Waals surface area contributed by atoms with Gasteiger partial charge in [-0.3, -0.25) is 9.59 Å². The third kappa shape index (κ3) is 5.85. The van der Waals surface area contributed by atoms with Crippen molar-refractivity contribution in [2.75, 3.05) is 39.9 Å². The maximum absolute atomic E-state index is 13.3. The van der Waals surface area contributed by atoms with Gasteiger partial charge in [-0.25, -0.2) is 0 Å². The lowest BCUT2D eigenvalue weighted by atomic mass is 9.70. The van der Waals surface area contributed by atoms with Crippen LogP contribution in [0.5, 0.6) is 11.5 Å². The van der Waals surface area contributed by atoms with Crippen LogP contribution in [0.3, 0.4) is 0 Å². The summed E-state index contributed by atoms with van der Waals surface area (Å²) in [5, 5.41) is 2.95. The van der Waals surface area contributed by atoms with Crippen molar-refractivity contribution in [1.82, 2.24) is 10.2 Å². The molecule has 5 aliphatic rings. The number of piperidine rings is 1. The first kappa shape index (κ1) is 29.9. The van der Waals surface area contributed by atoms with Crippen molar-refractivity contribution in [2.24, 2.45) is 5.41 Å². The number of hydrogen-bond acceptors (Lipinski definition) is 7. The molecule has 3 heterocycles. The number of rotatable bonds is 7. The van der Waals surface area contributed by atoms with E-state index in [4.69, 9.17) is 42.1 Å². The Bertz CT molecular complexity index is 1280. The minimum absolute atomic E-state index is 0.0979. The number of ether oxygens (including phenoxy) is 4. The van der Waals surface area contributed by atoms with Crippen LogP contribution in [0.1, 0.15) is 67.3 Å². The number of carbonyl (C=O) groups is 2. The second-order valence-electron chi connectivity index (χ2n) is 12.5. The van der Waals surface area contributed by atoms with Gasteiger partial charge < -0.3 is 29.2 Å². The third-order valence-electron chi connectivity index (χ3n) is 9.75. The first-order valence-corrected chi connectivity index (χ1v) is 15.9. The number of allylic oxidation sites excluding steroid dienone is 3. The number of methoxy groups -OCH3 is 1. The number of hydrogen-bond donors (Lipinski definition) is 1. The van der Waals surface area contributed by atoms with E-state index in [1.807, 2.05) is 25.1 Å². The molecule has 228 valence electrons. The monoisotopic (exact) mass is 618 g/mol. The van der Waals surface area contributed by atoms with Gasteiger partial charge in [0, 0.05) is 57.6 Å². The fraction of sp³-hybridized carbons (Fsp3) is 0.625. The van der Waals surface area contributed by atoms with Crippen LogP contribution in [0, 0.1) is 12.3 Å². The van der Waals surface area contributed by atoms with Crippen molar-refractivity contribution >= 4 is 34.9 Å². The summed E-state index contributed by atoms with van der Waals surface area (Å²) in [6.07, 6.45) is 10.0. The number of Topliss-reactive ketones (excluding diaryl/α,β-unsaturated/α-hetero) is 1. The van der Waals surface area contributed by atoms with E-state index in [2.05, 4.69) is 10.2 Å². The van der Waals surface area contributed by atoms with Gasteiger partial charge in [-0.15, -0.1) is 11.6 Å². The van der Waals surface area contributed by atoms with E-state index in [9.17, 15) is 9.59 Å². The fourth-order valence-electron chi connectivity index (χ4n) is 7.09. The highest BCUT2D eigenvalue weighted by Crippen LogP contribution is 2.49. The van der Waals surface area contributed by atoms with Gasteiger partial charge in [-0.05, 0) is 56.7 Å². The van der Waals surface area contributed by atoms with Crippen LogP contribution in [0.4, 0.5) is 0 Å². The summed E-state index contributed by atoms with van der Waals surface area (Å²) < 4.78 is 24.2. The predicted octanol–water partition coefficient (Wildman–Crippen LogP) is 5.28. The predicted molar refractivity (Wildman–Crippen MR) is 161 cm³/mol. The Morgan fingerprint density at radius 2 is 1.95 bits per heavy atom. The second-order valence-corrected chi connectivity index (χ2v) is 13.5. The molecule has 1 aromatic carbocycles. The van der Waals surface area contributed by atoms with Gasteiger partial charge in [0.15, 0.2) is 12.1 Å². The first-order valence-electron chi connectivity index (χ1n) is 15.1.